The number of carbonyl (C=O) groups excluding carboxylic acids is 1. The monoisotopic (exact) mass is 333 g/mol. The van der Waals surface area contributed by atoms with Crippen molar-refractivity contribution < 1.29 is 4.79 Å². The van der Waals surface area contributed by atoms with Crippen molar-refractivity contribution in [1.82, 2.24) is 9.88 Å². The average molecular weight is 333 g/mol. The van der Waals surface area contributed by atoms with Gasteiger partial charge in [0.05, 0.1) is 17.9 Å². The van der Waals surface area contributed by atoms with Crippen molar-refractivity contribution >= 4 is 22.4 Å². The highest BCUT2D eigenvalue weighted by molar-refractivity contribution is 6.01. The zero-order chi connectivity index (χ0) is 17.6. The van der Waals surface area contributed by atoms with Crippen LogP contribution in [0.2, 0.25) is 0 Å². The molecule has 1 aliphatic carbocycles. The first-order valence-electron chi connectivity index (χ1n) is 8.25. The van der Waals surface area contributed by atoms with E-state index in [1.807, 2.05) is 61.5 Å². The van der Waals surface area contributed by atoms with E-state index in [4.69, 9.17) is 0 Å². The Bertz CT molecular complexity index is 1050. The summed E-state index contributed by atoms with van der Waals surface area (Å²) >= 11 is 0. The van der Waals surface area contributed by atoms with Crippen LogP contribution in [0.5, 0.6) is 0 Å². The standard InChI is InChI=1S/C20H19N3O2/c1-23(2)11-17(24)21-16-9-5-6-12-10-15-13-7-3-4-8-14(13)20(25)22-19(15)18(12)16/h3-9H,10-11H2,1-2H3,(H,21,24)(H,22,25). The van der Waals surface area contributed by atoms with E-state index in [0.717, 1.165) is 39.9 Å². The second-order valence-electron chi connectivity index (χ2n) is 6.66. The van der Waals surface area contributed by atoms with Crippen LogP contribution in [0.15, 0.2) is 47.3 Å². The van der Waals surface area contributed by atoms with Gasteiger partial charge in [0, 0.05) is 17.4 Å². The molecule has 2 N–H and O–H groups in total. The summed E-state index contributed by atoms with van der Waals surface area (Å²) in [5.74, 6) is -0.0741. The highest BCUT2D eigenvalue weighted by Gasteiger charge is 2.25. The van der Waals surface area contributed by atoms with Crippen molar-refractivity contribution in [3.05, 3.63) is 63.9 Å². The number of fused-ring (bicyclic) bond motifs is 5. The summed E-state index contributed by atoms with van der Waals surface area (Å²) in [6, 6.07) is 13.5. The van der Waals surface area contributed by atoms with Crippen LogP contribution in [0.3, 0.4) is 0 Å². The Kier molecular flexibility index (Phi) is 3.66. The Morgan fingerprint density at radius 3 is 2.64 bits per heavy atom. The maximum absolute atomic E-state index is 12.5. The normalized spacial score (nSPS) is 12.3. The van der Waals surface area contributed by atoms with Crippen LogP contribution >= 0.6 is 0 Å². The van der Waals surface area contributed by atoms with E-state index in [1.165, 1.54) is 0 Å². The Morgan fingerprint density at radius 2 is 1.88 bits per heavy atom. The van der Waals surface area contributed by atoms with Crippen molar-refractivity contribution in [3.8, 4) is 11.3 Å². The predicted molar refractivity (Wildman–Crippen MR) is 100.0 cm³/mol. The highest BCUT2D eigenvalue weighted by atomic mass is 16.2. The van der Waals surface area contributed by atoms with E-state index in [2.05, 4.69) is 10.3 Å². The van der Waals surface area contributed by atoms with Crippen LogP contribution in [0, 0.1) is 0 Å². The van der Waals surface area contributed by atoms with Gasteiger partial charge >= 0.3 is 0 Å². The topological polar surface area (TPSA) is 65.2 Å². The largest absolute Gasteiger partial charge is 0.324 e. The molecule has 0 radical (unpaired) electrons. The summed E-state index contributed by atoms with van der Waals surface area (Å²) in [7, 11) is 3.71. The lowest BCUT2D eigenvalue weighted by atomic mass is 10.0. The van der Waals surface area contributed by atoms with Gasteiger partial charge in [-0.1, -0.05) is 30.3 Å². The predicted octanol–water partition coefficient (Wildman–Crippen LogP) is 2.60. The van der Waals surface area contributed by atoms with Gasteiger partial charge in [0.2, 0.25) is 5.91 Å². The van der Waals surface area contributed by atoms with Gasteiger partial charge in [0.15, 0.2) is 0 Å². The van der Waals surface area contributed by atoms with E-state index in [9.17, 15) is 9.59 Å². The van der Waals surface area contributed by atoms with Gasteiger partial charge in [-0.25, -0.2) is 0 Å². The van der Waals surface area contributed by atoms with Crippen molar-refractivity contribution in [2.45, 2.75) is 6.42 Å². The number of nitrogens with zero attached hydrogens (tertiary/aromatic N) is 1. The summed E-state index contributed by atoms with van der Waals surface area (Å²) in [5.41, 5.74) is 4.61. The Hall–Kier alpha value is -2.92. The van der Waals surface area contributed by atoms with E-state index >= 15 is 0 Å². The Morgan fingerprint density at radius 1 is 1.12 bits per heavy atom. The van der Waals surface area contributed by atoms with E-state index in [0.29, 0.717) is 11.9 Å². The van der Waals surface area contributed by atoms with E-state index < -0.39 is 0 Å². The number of nitrogens with one attached hydrogen (secondary N) is 2. The lowest BCUT2D eigenvalue weighted by molar-refractivity contribution is -0.116. The molecule has 0 fully saturated rings. The van der Waals surface area contributed by atoms with Gasteiger partial charge in [-0.05, 0) is 42.7 Å². The highest BCUT2D eigenvalue weighted by Crippen LogP contribution is 2.41. The fraction of sp³-hybridized carbons (Fsp3) is 0.200. The smallest absolute Gasteiger partial charge is 0.256 e. The van der Waals surface area contributed by atoms with Gasteiger partial charge in [0.25, 0.3) is 5.56 Å². The number of hydrogen-bond donors (Lipinski definition) is 2. The molecule has 4 rings (SSSR count). The molecule has 0 saturated heterocycles. The number of carbonyl (C=O) groups is 1. The Labute approximate surface area is 145 Å². The molecule has 5 heteroatoms. The maximum Gasteiger partial charge on any atom is 0.256 e. The molecule has 1 heterocycles. The van der Waals surface area contributed by atoms with Crippen molar-refractivity contribution in [1.29, 1.82) is 0 Å². The minimum absolute atomic E-state index is 0.0741. The maximum atomic E-state index is 12.5. The second-order valence-corrected chi connectivity index (χ2v) is 6.66. The van der Waals surface area contributed by atoms with Crippen LogP contribution in [0.25, 0.3) is 22.0 Å². The third-order valence-corrected chi connectivity index (χ3v) is 4.54. The minimum Gasteiger partial charge on any atom is -0.324 e. The first kappa shape index (κ1) is 15.6. The number of hydrogen-bond acceptors (Lipinski definition) is 3. The van der Waals surface area contributed by atoms with Crippen molar-refractivity contribution in [2.75, 3.05) is 26.0 Å². The quantitative estimate of drug-likeness (QED) is 0.606. The molecule has 0 saturated carbocycles. The molecular weight excluding hydrogens is 314 g/mol. The molecular formula is C20H19N3O2. The molecule has 0 spiro atoms. The van der Waals surface area contributed by atoms with Crippen molar-refractivity contribution in [2.24, 2.45) is 0 Å². The summed E-state index contributed by atoms with van der Waals surface area (Å²) in [6.07, 6.45) is 0.749. The number of likely N-dealkylation sites (N-methyl/N-ethyl adjacent to an activating group) is 1. The third-order valence-electron chi connectivity index (χ3n) is 4.54. The van der Waals surface area contributed by atoms with Gasteiger partial charge < -0.3 is 15.2 Å². The molecule has 3 aromatic rings. The molecule has 0 atom stereocenters. The summed E-state index contributed by atoms with van der Waals surface area (Å²) < 4.78 is 0. The number of aromatic amines is 1. The number of anilines is 1. The van der Waals surface area contributed by atoms with Crippen LogP contribution < -0.4 is 10.9 Å². The van der Waals surface area contributed by atoms with Crippen LogP contribution in [0.4, 0.5) is 5.69 Å². The zero-order valence-corrected chi connectivity index (χ0v) is 14.2. The van der Waals surface area contributed by atoms with Crippen molar-refractivity contribution in [3.63, 3.8) is 0 Å². The SMILES string of the molecule is CN(C)CC(=O)Nc1cccc2c1-c1[nH]c(=O)c3ccccc3c1C2. The van der Waals surface area contributed by atoms with Crippen LogP contribution in [-0.4, -0.2) is 36.4 Å². The number of amides is 1. The number of aromatic nitrogens is 1. The van der Waals surface area contributed by atoms with Gasteiger partial charge in [-0.15, -0.1) is 0 Å². The number of rotatable bonds is 3. The molecule has 1 amide bonds. The average Bonchev–Trinajstić information content (AvgIpc) is 2.94. The Balaban J connectivity index is 1.86. The molecule has 1 aliphatic rings. The molecule has 5 nitrogen and oxygen atoms in total. The fourth-order valence-corrected chi connectivity index (χ4v) is 3.55. The minimum atomic E-state index is -0.100. The van der Waals surface area contributed by atoms with Gasteiger partial charge in [0.1, 0.15) is 0 Å². The van der Waals surface area contributed by atoms with E-state index in [1.54, 1.807) is 0 Å². The summed E-state index contributed by atoms with van der Waals surface area (Å²) in [5, 5.41) is 4.66. The first-order chi connectivity index (χ1) is 12.0. The number of benzene rings is 2. The molecule has 1 aromatic heterocycles. The first-order valence-corrected chi connectivity index (χ1v) is 8.25. The summed E-state index contributed by atoms with van der Waals surface area (Å²) in [4.78, 5) is 29.5. The molecule has 126 valence electrons. The summed E-state index contributed by atoms with van der Waals surface area (Å²) in [6.45, 7) is 0.310. The van der Waals surface area contributed by atoms with Crippen LogP contribution in [-0.2, 0) is 11.2 Å². The third kappa shape index (κ3) is 2.62. The van der Waals surface area contributed by atoms with Crippen LogP contribution in [0.1, 0.15) is 11.1 Å². The fourth-order valence-electron chi connectivity index (χ4n) is 3.55. The van der Waals surface area contributed by atoms with E-state index in [-0.39, 0.29) is 11.5 Å². The molecule has 0 bridgehead atoms. The lowest BCUT2D eigenvalue weighted by Crippen LogP contribution is -2.27. The van der Waals surface area contributed by atoms with Gasteiger partial charge in [-0.3, -0.25) is 9.59 Å². The number of pyridine rings is 1. The lowest BCUT2D eigenvalue weighted by Gasteiger charge is -2.13. The zero-order valence-electron chi connectivity index (χ0n) is 14.2. The van der Waals surface area contributed by atoms with Gasteiger partial charge in [-0.2, -0.15) is 0 Å². The molecule has 25 heavy (non-hydrogen) atoms. The molecule has 2 aromatic carbocycles. The number of H-pyrrole nitrogens is 1. The molecule has 0 unspecified atom stereocenters. The second kappa shape index (κ2) is 5.86. The molecule has 0 aliphatic heterocycles.